The zero-order valence-electron chi connectivity index (χ0n) is 21.7. The summed E-state index contributed by atoms with van der Waals surface area (Å²) in [5.74, 6) is 0.442. The van der Waals surface area contributed by atoms with E-state index in [1.807, 2.05) is 45.9 Å². The van der Waals surface area contributed by atoms with Crippen LogP contribution in [0.2, 0.25) is 0 Å². The Morgan fingerprint density at radius 1 is 1.16 bits per heavy atom. The molecule has 0 radical (unpaired) electrons. The molecule has 0 saturated heterocycles. The lowest BCUT2D eigenvalue weighted by Crippen LogP contribution is -2.54. The van der Waals surface area contributed by atoms with E-state index in [0.29, 0.717) is 31.4 Å². The maximum Gasteiger partial charge on any atom is 0.332 e. The first-order valence-electron chi connectivity index (χ1n) is 12.6. The molecular weight excluding hydrogens is 494 g/mol. The summed E-state index contributed by atoms with van der Waals surface area (Å²) in [5.41, 5.74) is 6.73. The van der Waals surface area contributed by atoms with Gasteiger partial charge >= 0.3 is 6.03 Å². The zero-order valence-corrected chi connectivity index (χ0v) is 22.5. The predicted molar refractivity (Wildman–Crippen MR) is 147 cm³/mol. The molecule has 3 heterocycles. The van der Waals surface area contributed by atoms with E-state index >= 15 is 0 Å². The largest absolute Gasteiger partial charge is 0.475 e. The lowest BCUT2D eigenvalue weighted by atomic mass is 9.98. The van der Waals surface area contributed by atoms with Crippen molar-refractivity contribution in [1.29, 1.82) is 0 Å². The number of carbonyl (C=O) groups excluding carboxylic acids is 1. The maximum absolute atomic E-state index is 13.0. The predicted octanol–water partition coefficient (Wildman–Crippen LogP) is 4.05. The van der Waals surface area contributed by atoms with Crippen LogP contribution in [0.15, 0.2) is 42.7 Å². The van der Waals surface area contributed by atoms with Crippen LogP contribution in [0.4, 0.5) is 10.5 Å². The van der Waals surface area contributed by atoms with Crippen molar-refractivity contribution >= 4 is 21.7 Å². The number of benzene rings is 1. The molecule has 1 atom stereocenters. The molecule has 1 unspecified atom stereocenters. The van der Waals surface area contributed by atoms with Gasteiger partial charge in [-0.3, -0.25) is 0 Å². The van der Waals surface area contributed by atoms with Gasteiger partial charge in [0.2, 0.25) is 5.88 Å². The standard InChI is InChI=1S/C24H29N5O5S.C2H6.2H2/c1-24(2)15-33-12-13-34-20-14-17(8-10-25-20)19-7-6-16-4-3-5-18(16)22(19)26-23(30)28-35(31,32)21-9-11-29(24)27-21;1-2;;/h6-11,14,21,27H,3-5,12-13,15H2,1-2H3,(H2,26,28,30);1-2H3;2*1H. The minimum atomic E-state index is -4.05. The molecule has 1 aromatic carbocycles. The Morgan fingerprint density at radius 3 is 2.78 bits per heavy atom. The van der Waals surface area contributed by atoms with Gasteiger partial charge in [-0.2, -0.15) is 0 Å². The van der Waals surface area contributed by atoms with Crippen molar-refractivity contribution in [2.45, 2.75) is 57.9 Å². The van der Waals surface area contributed by atoms with Crippen LogP contribution >= 0.6 is 0 Å². The summed E-state index contributed by atoms with van der Waals surface area (Å²) in [5, 5.41) is 3.40. The van der Waals surface area contributed by atoms with Gasteiger partial charge in [0.1, 0.15) is 6.61 Å². The van der Waals surface area contributed by atoms with Crippen molar-refractivity contribution in [1.82, 2.24) is 20.1 Å². The topological polar surface area (TPSA) is 122 Å². The molecule has 0 fully saturated rings. The van der Waals surface area contributed by atoms with Gasteiger partial charge in [0, 0.05) is 26.9 Å². The number of aromatic nitrogens is 1. The number of sulfonamides is 1. The number of rotatable bonds is 0. The number of amides is 2. The molecule has 11 heteroatoms. The molecule has 37 heavy (non-hydrogen) atoms. The van der Waals surface area contributed by atoms with Crippen LogP contribution in [0.5, 0.6) is 5.88 Å². The molecular formula is C26H39N5O5S. The summed E-state index contributed by atoms with van der Waals surface area (Å²) in [7, 11) is -4.05. The highest BCUT2D eigenvalue weighted by atomic mass is 32.2. The van der Waals surface area contributed by atoms with Gasteiger partial charge in [-0.15, -0.1) is 0 Å². The lowest BCUT2D eigenvalue weighted by Gasteiger charge is -2.36. The Labute approximate surface area is 221 Å². The molecule has 10 nitrogen and oxygen atoms in total. The molecule has 2 aliphatic heterocycles. The van der Waals surface area contributed by atoms with Gasteiger partial charge in [-0.05, 0) is 61.9 Å². The number of hydrazine groups is 1. The van der Waals surface area contributed by atoms with E-state index in [9.17, 15) is 13.2 Å². The van der Waals surface area contributed by atoms with E-state index in [1.165, 1.54) is 6.08 Å². The highest BCUT2D eigenvalue weighted by Gasteiger charge is 2.36. The second kappa shape index (κ2) is 11.1. The molecule has 2 aromatic rings. The Hall–Kier alpha value is -3.15. The molecule has 204 valence electrons. The van der Waals surface area contributed by atoms with E-state index in [1.54, 1.807) is 17.4 Å². The number of hydrogen-bond donors (Lipinski definition) is 3. The fourth-order valence-electron chi connectivity index (χ4n) is 4.57. The first-order chi connectivity index (χ1) is 17.7. The molecule has 0 saturated carbocycles. The summed E-state index contributed by atoms with van der Waals surface area (Å²) in [6.45, 7) is 8.81. The number of urea groups is 1. The van der Waals surface area contributed by atoms with Crippen LogP contribution in [-0.2, 0) is 27.6 Å². The second-order valence-corrected chi connectivity index (χ2v) is 11.2. The lowest BCUT2D eigenvalue weighted by molar-refractivity contribution is 0.00702. The highest BCUT2D eigenvalue weighted by Crippen LogP contribution is 2.38. The van der Waals surface area contributed by atoms with E-state index in [4.69, 9.17) is 9.47 Å². The number of anilines is 1. The van der Waals surface area contributed by atoms with Crippen molar-refractivity contribution in [3.63, 3.8) is 0 Å². The highest BCUT2D eigenvalue weighted by molar-refractivity contribution is 7.90. The molecule has 4 bridgehead atoms. The van der Waals surface area contributed by atoms with Crippen LogP contribution in [0.1, 0.15) is 48.1 Å². The van der Waals surface area contributed by atoms with Gasteiger partial charge in [0.05, 0.1) is 24.4 Å². The van der Waals surface area contributed by atoms with Crippen molar-refractivity contribution in [2.75, 3.05) is 25.1 Å². The third-order valence-electron chi connectivity index (χ3n) is 6.40. The van der Waals surface area contributed by atoms with Crippen LogP contribution in [-0.4, -0.2) is 55.2 Å². The Morgan fingerprint density at radius 2 is 1.97 bits per heavy atom. The third kappa shape index (κ3) is 5.89. The SMILES string of the molecule is CC.CC1(C)COCCOc2cc(ccn2)-c2ccc3c(c2NC(=O)NS(=O)(=O)C2C=CN1N2)CCC3.[HH].[HH]. The number of fused-ring (bicyclic) bond motifs is 8. The summed E-state index contributed by atoms with van der Waals surface area (Å²) < 4.78 is 39.8. The molecule has 2 amide bonds. The van der Waals surface area contributed by atoms with E-state index < -0.39 is 27.0 Å². The number of aryl methyl sites for hydroxylation is 1. The molecule has 5 rings (SSSR count). The molecule has 3 aliphatic rings. The van der Waals surface area contributed by atoms with Crippen LogP contribution in [0.3, 0.4) is 0 Å². The van der Waals surface area contributed by atoms with E-state index in [0.717, 1.165) is 41.5 Å². The van der Waals surface area contributed by atoms with Crippen LogP contribution in [0.25, 0.3) is 11.1 Å². The van der Waals surface area contributed by atoms with Gasteiger partial charge < -0.3 is 19.8 Å². The van der Waals surface area contributed by atoms with Gasteiger partial charge in [0.25, 0.3) is 10.0 Å². The normalized spacial score (nSPS) is 22.1. The fourth-order valence-corrected chi connectivity index (χ4v) is 5.54. The summed E-state index contributed by atoms with van der Waals surface area (Å²) in [6.07, 6.45) is 7.48. The Kier molecular flexibility index (Phi) is 8.05. The van der Waals surface area contributed by atoms with Crippen molar-refractivity contribution in [3.05, 3.63) is 53.9 Å². The third-order valence-corrected chi connectivity index (χ3v) is 7.80. The summed E-state index contributed by atoms with van der Waals surface area (Å²) in [4.78, 5) is 17.3. The van der Waals surface area contributed by atoms with E-state index in [-0.39, 0.29) is 2.85 Å². The molecule has 0 spiro atoms. The zero-order chi connectivity index (χ0) is 26.6. The minimum absolute atomic E-state index is 0. The average Bonchev–Trinajstić information content (AvgIpc) is 3.56. The summed E-state index contributed by atoms with van der Waals surface area (Å²) >= 11 is 0. The Bertz CT molecular complexity index is 1290. The second-order valence-electron chi connectivity index (χ2n) is 9.44. The number of hydrogen-bond acceptors (Lipinski definition) is 8. The number of ether oxygens (including phenoxy) is 2. The van der Waals surface area contributed by atoms with Gasteiger partial charge in [-0.1, -0.05) is 26.0 Å². The summed E-state index contributed by atoms with van der Waals surface area (Å²) in [6, 6.07) is 6.83. The minimum Gasteiger partial charge on any atom is -0.475 e. The first-order valence-corrected chi connectivity index (χ1v) is 14.2. The molecule has 3 N–H and O–H groups in total. The fraction of sp³-hybridized carbons (Fsp3) is 0.462. The maximum atomic E-state index is 13.0. The van der Waals surface area contributed by atoms with Crippen LogP contribution in [0, 0.1) is 0 Å². The first kappa shape index (κ1) is 26.9. The van der Waals surface area contributed by atoms with Gasteiger partial charge in [-0.25, -0.2) is 28.3 Å². The smallest absolute Gasteiger partial charge is 0.332 e. The number of nitrogens with zero attached hydrogens (tertiary/aromatic N) is 2. The number of carbonyl (C=O) groups is 1. The van der Waals surface area contributed by atoms with Crippen LogP contribution < -0.4 is 20.2 Å². The Balaban J connectivity index is 0.00000130. The quantitative estimate of drug-likeness (QED) is 0.464. The van der Waals surface area contributed by atoms with Crippen molar-refractivity contribution < 1.29 is 25.5 Å². The van der Waals surface area contributed by atoms with E-state index in [2.05, 4.69) is 26.5 Å². The number of pyridine rings is 1. The molecule has 1 aromatic heterocycles. The van der Waals surface area contributed by atoms with Crippen molar-refractivity contribution in [2.24, 2.45) is 0 Å². The monoisotopic (exact) mass is 533 g/mol. The van der Waals surface area contributed by atoms with Crippen molar-refractivity contribution in [3.8, 4) is 17.0 Å². The number of nitrogens with one attached hydrogen (secondary N) is 3. The molecule has 1 aliphatic carbocycles. The van der Waals surface area contributed by atoms with Gasteiger partial charge in [0.15, 0.2) is 5.37 Å². The average molecular weight is 534 g/mol.